The Morgan fingerprint density at radius 3 is 2.63 bits per heavy atom. The predicted octanol–water partition coefficient (Wildman–Crippen LogP) is 6.74. The Kier molecular flexibility index (Phi) is 8.67. The second-order valence-corrected chi connectivity index (χ2v) is 10.5. The monoisotopic (exact) mass is 475 g/mol. The molecule has 0 aromatic heterocycles. The predicted molar refractivity (Wildman–Crippen MR) is 142 cm³/mol. The van der Waals surface area contributed by atoms with E-state index in [9.17, 15) is 4.79 Å². The Labute approximate surface area is 211 Å². The Bertz CT molecular complexity index is 984. The van der Waals surface area contributed by atoms with E-state index in [2.05, 4.69) is 42.7 Å². The summed E-state index contributed by atoms with van der Waals surface area (Å²) in [6, 6.07) is 15.2. The number of carbonyl (C=O) groups is 1. The van der Waals surface area contributed by atoms with E-state index in [-0.39, 0.29) is 5.41 Å². The van der Waals surface area contributed by atoms with Gasteiger partial charge in [-0.1, -0.05) is 43.7 Å². The van der Waals surface area contributed by atoms with Crippen LogP contribution in [0.3, 0.4) is 0 Å². The molecule has 1 heterocycles. The third-order valence-electron chi connectivity index (χ3n) is 8.26. The third-order valence-corrected chi connectivity index (χ3v) is 8.26. The van der Waals surface area contributed by atoms with E-state index in [0.29, 0.717) is 5.56 Å². The quantitative estimate of drug-likeness (QED) is 0.430. The normalized spacial score (nSPS) is 23.6. The number of benzene rings is 2. The molecule has 3 aliphatic rings. The first-order valence-corrected chi connectivity index (χ1v) is 13.4. The highest BCUT2D eigenvalue weighted by Gasteiger charge is 2.46. The van der Waals surface area contributed by atoms with Crippen LogP contribution in [0.4, 0.5) is 0 Å². The number of nitrogens with zero attached hydrogens (tertiary/aromatic N) is 1. The summed E-state index contributed by atoms with van der Waals surface area (Å²) in [5.74, 6) is 1.93. The maximum Gasteiger partial charge on any atom is 0.335 e. The number of likely N-dealkylation sites (tertiary alicyclic amines) is 1. The SMILES string of the molecule is C=CCC12CCN(CC3CCC3)CC1CCc1ccc(OCCC)cc12.O=C(O)c1ccccc1. The number of fused-ring (bicyclic) bond motifs is 3. The van der Waals surface area contributed by atoms with Gasteiger partial charge < -0.3 is 14.7 Å². The average Bonchev–Trinajstić information content (AvgIpc) is 2.86. The molecule has 2 unspecified atom stereocenters. The van der Waals surface area contributed by atoms with Crippen molar-refractivity contribution in [2.75, 3.05) is 26.2 Å². The number of hydrogen-bond donors (Lipinski definition) is 1. The summed E-state index contributed by atoms with van der Waals surface area (Å²) in [5.41, 5.74) is 3.75. The summed E-state index contributed by atoms with van der Waals surface area (Å²) >= 11 is 0. The van der Waals surface area contributed by atoms with Crippen molar-refractivity contribution in [3.63, 3.8) is 0 Å². The highest BCUT2D eigenvalue weighted by atomic mass is 16.5. The number of rotatable bonds is 8. The fourth-order valence-corrected chi connectivity index (χ4v) is 6.16. The standard InChI is InChI=1S/C24H35NO.C7H6O2/c1-3-12-24-13-14-25(17-19-6-5-7-19)18-21(24)10-8-20-9-11-22(16-23(20)24)26-15-4-2;8-7(9)6-4-2-1-3-5-6/h3,9,11,16,19,21H,1,4-8,10,12-15,17-18H2,2H3;1-5H,(H,8,9). The van der Waals surface area contributed by atoms with Crippen molar-refractivity contribution in [1.82, 2.24) is 4.90 Å². The van der Waals surface area contributed by atoms with Crippen LogP contribution in [0.15, 0.2) is 61.2 Å². The zero-order valence-electron chi connectivity index (χ0n) is 21.3. The fourth-order valence-electron chi connectivity index (χ4n) is 6.16. The smallest absolute Gasteiger partial charge is 0.335 e. The molecule has 35 heavy (non-hydrogen) atoms. The number of aryl methyl sites for hydroxylation is 1. The number of piperidine rings is 1. The number of ether oxygens (including phenoxy) is 1. The van der Waals surface area contributed by atoms with Crippen LogP contribution in [0.1, 0.15) is 73.4 Å². The van der Waals surface area contributed by atoms with Gasteiger partial charge in [0, 0.05) is 18.5 Å². The van der Waals surface area contributed by atoms with E-state index >= 15 is 0 Å². The fraction of sp³-hybridized carbons (Fsp3) is 0.516. The lowest BCUT2D eigenvalue weighted by Crippen LogP contribution is -2.53. The molecule has 1 N–H and O–H groups in total. The van der Waals surface area contributed by atoms with Gasteiger partial charge in [-0.25, -0.2) is 4.79 Å². The molecule has 2 aromatic carbocycles. The van der Waals surface area contributed by atoms with Crippen LogP contribution in [0.25, 0.3) is 0 Å². The summed E-state index contributed by atoms with van der Waals surface area (Å²) in [6.45, 7) is 11.0. The molecule has 2 aliphatic carbocycles. The molecule has 2 aromatic rings. The van der Waals surface area contributed by atoms with Gasteiger partial charge in [0.15, 0.2) is 0 Å². The van der Waals surface area contributed by atoms with E-state index in [0.717, 1.165) is 37.0 Å². The molecule has 0 radical (unpaired) electrons. The van der Waals surface area contributed by atoms with E-state index in [1.165, 1.54) is 58.2 Å². The minimum Gasteiger partial charge on any atom is -0.494 e. The highest BCUT2D eigenvalue weighted by molar-refractivity contribution is 5.87. The van der Waals surface area contributed by atoms with Gasteiger partial charge in [0.25, 0.3) is 0 Å². The molecular formula is C31H41NO3. The van der Waals surface area contributed by atoms with E-state index in [1.807, 2.05) is 0 Å². The number of hydrogen-bond acceptors (Lipinski definition) is 3. The Morgan fingerprint density at radius 1 is 1.20 bits per heavy atom. The summed E-state index contributed by atoms with van der Waals surface area (Å²) in [4.78, 5) is 13.0. The third kappa shape index (κ3) is 5.98. The van der Waals surface area contributed by atoms with Gasteiger partial charge in [0.05, 0.1) is 12.2 Å². The summed E-state index contributed by atoms with van der Waals surface area (Å²) in [7, 11) is 0. The van der Waals surface area contributed by atoms with Gasteiger partial charge >= 0.3 is 5.97 Å². The molecule has 4 nitrogen and oxygen atoms in total. The van der Waals surface area contributed by atoms with E-state index in [1.54, 1.807) is 41.5 Å². The first-order chi connectivity index (χ1) is 17.1. The lowest BCUT2D eigenvalue weighted by atomic mass is 9.58. The van der Waals surface area contributed by atoms with Crippen LogP contribution >= 0.6 is 0 Å². The van der Waals surface area contributed by atoms with Crippen molar-refractivity contribution in [1.29, 1.82) is 0 Å². The summed E-state index contributed by atoms with van der Waals surface area (Å²) in [5, 5.41) is 8.38. The molecule has 2 atom stereocenters. The molecule has 1 aliphatic heterocycles. The Hall–Kier alpha value is -2.59. The average molecular weight is 476 g/mol. The zero-order valence-corrected chi connectivity index (χ0v) is 21.3. The van der Waals surface area contributed by atoms with E-state index < -0.39 is 5.97 Å². The number of carboxylic acid groups (broad SMARTS) is 1. The van der Waals surface area contributed by atoms with Crippen LogP contribution in [0, 0.1) is 11.8 Å². The maximum absolute atomic E-state index is 10.2. The molecule has 4 heteroatoms. The van der Waals surface area contributed by atoms with Gasteiger partial charge in [-0.05, 0) is 98.7 Å². The summed E-state index contributed by atoms with van der Waals surface area (Å²) in [6.07, 6.45) is 12.5. The molecular weight excluding hydrogens is 434 g/mol. The van der Waals surface area contributed by atoms with Crippen LogP contribution in [-0.4, -0.2) is 42.2 Å². The minimum absolute atomic E-state index is 0.289. The van der Waals surface area contributed by atoms with Gasteiger partial charge in [0.1, 0.15) is 5.75 Å². The van der Waals surface area contributed by atoms with Crippen molar-refractivity contribution in [3.8, 4) is 5.75 Å². The first kappa shape index (κ1) is 25.5. The van der Waals surface area contributed by atoms with Crippen molar-refractivity contribution >= 4 is 5.97 Å². The molecule has 0 amide bonds. The van der Waals surface area contributed by atoms with Crippen LogP contribution in [-0.2, 0) is 11.8 Å². The van der Waals surface area contributed by atoms with Gasteiger partial charge in [-0.15, -0.1) is 6.58 Å². The van der Waals surface area contributed by atoms with Gasteiger partial charge in [0.2, 0.25) is 0 Å². The largest absolute Gasteiger partial charge is 0.494 e. The second kappa shape index (κ2) is 11.9. The topological polar surface area (TPSA) is 49.8 Å². The minimum atomic E-state index is -0.879. The number of aromatic carboxylic acids is 1. The van der Waals surface area contributed by atoms with E-state index in [4.69, 9.17) is 9.84 Å². The first-order valence-electron chi connectivity index (χ1n) is 13.4. The Balaban J connectivity index is 0.000000271. The Morgan fingerprint density at radius 2 is 2.00 bits per heavy atom. The van der Waals surface area contributed by atoms with Crippen molar-refractivity contribution in [2.45, 2.75) is 63.7 Å². The molecule has 5 rings (SSSR count). The number of carboxylic acids is 1. The van der Waals surface area contributed by atoms with Crippen LogP contribution in [0.2, 0.25) is 0 Å². The molecule has 1 saturated heterocycles. The lowest BCUT2D eigenvalue weighted by molar-refractivity contribution is 0.0560. The highest BCUT2D eigenvalue weighted by Crippen LogP contribution is 2.50. The van der Waals surface area contributed by atoms with Gasteiger partial charge in [-0.3, -0.25) is 0 Å². The summed E-state index contributed by atoms with van der Waals surface area (Å²) < 4.78 is 5.98. The van der Waals surface area contributed by atoms with Crippen molar-refractivity contribution < 1.29 is 14.6 Å². The molecule has 0 spiro atoms. The molecule has 2 fully saturated rings. The van der Waals surface area contributed by atoms with Gasteiger partial charge in [-0.2, -0.15) is 0 Å². The van der Waals surface area contributed by atoms with Crippen LogP contribution in [0.5, 0.6) is 5.75 Å². The molecule has 188 valence electrons. The number of allylic oxidation sites excluding steroid dienone is 1. The lowest BCUT2D eigenvalue weighted by Gasteiger charge is -2.52. The second-order valence-electron chi connectivity index (χ2n) is 10.5. The van der Waals surface area contributed by atoms with Crippen molar-refractivity contribution in [2.24, 2.45) is 11.8 Å². The zero-order chi connectivity index (χ0) is 24.7. The molecule has 0 bridgehead atoms. The van der Waals surface area contributed by atoms with Crippen molar-refractivity contribution in [3.05, 3.63) is 77.9 Å². The molecule has 1 saturated carbocycles. The van der Waals surface area contributed by atoms with Crippen LogP contribution < -0.4 is 4.74 Å². The maximum atomic E-state index is 10.2.